The molecule has 1 aromatic rings. The van der Waals surface area contributed by atoms with E-state index in [9.17, 15) is 9.18 Å². The van der Waals surface area contributed by atoms with Crippen LogP contribution >= 0.6 is 0 Å². The number of halogens is 1. The molecule has 1 aliphatic heterocycles. The van der Waals surface area contributed by atoms with Gasteiger partial charge in [-0.3, -0.25) is 4.79 Å². The smallest absolute Gasteiger partial charge is 0.227 e. The minimum absolute atomic E-state index is 0.0942. The van der Waals surface area contributed by atoms with Crippen LogP contribution in [-0.2, 0) is 11.2 Å². The molecule has 4 heteroatoms. The lowest BCUT2D eigenvalue weighted by molar-refractivity contribution is -0.133. The van der Waals surface area contributed by atoms with Crippen molar-refractivity contribution in [3.8, 4) is 0 Å². The second kappa shape index (κ2) is 5.96. The highest BCUT2D eigenvalue weighted by Crippen LogP contribution is 2.17. The molecule has 0 saturated carbocycles. The van der Waals surface area contributed by atoms with Crippen molar-refractivity contribution < 1.29 is 9.18 Å². The van der Waals surface area contributed by atoms with Crippen molar-refractivity contribution in [2.75, 3.05) is 13.1 Å². The van der Waals surface area contributed by atoms with Gasteiger partial charge in [0.05, 0.1) is 6.42 Å². The van der Waals surface area contributed by atoms with Crippen LogP contribution in [0.4, 0.5) is 4.39 Å². The Bertz CT molecular complexity index is 405. The van der Waals surface area contributed by atoms with Gasteiger partial charge in [-0.25, -0.2) is 4.39 Å². The number of likely N-dealkylation sites (tertiary alicyclic amines) is 1. The van der Waals surface area contributed by atoms with E-state index in [0.717, 1.165) is 31.4 Å². The van der Waals surface area contributed by atoms with Gasteiger partial charge in [0, 0.05) is 19.1 Å². The van der Waals surface area contributed by atoms with Crippen molar-refractivity contribution in [1.82, 2.24) is 4.90 Å². The summed E-state index contributed by atoms with van der Waals surface area (Å²) in [7, 11) is 0. The summed E-state index contributed by atoms with van der Waals surface area (Å²) in [5, 5.41) is 0. The van der Waals surface area contributed by atoms with Gasteiger partial charge in [0.1, 0.15) is 5.82 Å². The first-order valence-electron chi connectivity index (χ1n) is 6.44. The van der Waals surface area contributed by atoms with Gasteiger partial charge in [0.15, 0.2) is 0 Å². The van der Waals surface area contributed by atoms with Crippen molar-refractivity contribution in [3.63, 3.8) is 0 Å². The van der Waals surface area contributed by atoms with Crippen molar-refractivity contribution in [2.45, 2.75) is 31.7 Å². The van der Waals surface area contributed by atoms with E-state index in [0.29, 0.717) is 13.0 Å². The summed E-state index contributed by atoms with van der Waals surface area (Å²) in [4.78, 5) is 14.1. The SMILES string of the molecule is NC[C@H]1CCCCN1C(=O)Cc1ccc(F)cc1. The highest BCUT2D eigenvalue weighted by Gasteiger charge is 2.25. The van der Waals surface area contributed by atoms with Crippen LogP contribution in [0.5, 0.6) is 0 Å². The van der Waals surface area contributed by atoms with E-state index >= 15 is 0 Å². The number of piperidine rings is 1. The molecule has 0 spiro atoms. The number of nitrogens with two attached hydrogens (primary N) is 1. The Morgan fingerprint density at radius 3 is 2.72 bits per heavy atom. The fourth-order valence-electron chi connectivity index (χ4n) is 2.45. The van der Waals surface area contributed by atoms with Crippen molar-refractivity contribution >= 4 is 5.91 Å². The molecule has 0 aromatic heterocycles. The summed E-state index contributed by atoms with van der Waals surface area (Å²) in [6.45, 7) is 1.32. The Hall–Kier alpha value is -1.42. The number of benzene rings is 1. The molecular formula is C14H19FN2O. The molecule has 0 aliphatic carbocycles. The number of carbonyl (C=O) groups is 1. The van der Waals surface area contributed by atoms with Crippen LogP contribution in [0, 0.1) is 5.82 Å². The highest BCUT2D eigenvalue weighted by molar-refractivity contribution is 5.79. The van der Waals surface area contributed by atoms with Crippen LogP contribution < -0.4 is 5.73 Å². The maximum atomic E-state index is 12.8. The molecule has 1 atom stereocenters. The molecule has 0 bridgehead atoms. The largest absolute Gasteiger partial charge is 0.338 e. The molecule has 0 unspecified atom stereocenters. The van der Waals surface area contributed by atoms with Crippen molar-refractivity contribution in [3.05, 3.63) is 35.6 Å². The van der Waals surface area contributed by atoms with Crippen LogP contribution in [0.3, 0.4) is 0 Å². The standard InChI is InChI=1S/C14H19FN2O/c15-12-6-4-11(5-7-12)9-14(18)17-8-2-1-3-13(17)10-16/h4-7,13H,1-3,8-10,16H2/t13-/m1/s1. The molecular weight excluding hydrogens is 231 g/mol. The maximum Gasteiger partial charge on any atom is 0.227 e. The van der Waals surface area contributed by atoms with Gasteiger partial charge < -0.3 is 10.6 Å². The van der Waals surface area contributed by atoms with Gasteiger partial charge in [0.2, 0.25) is 5.91 Å². The molecule has 1 fully saturated rings. The first kappa shape index (κ1) is 13.0. The lowest BCUT2D eigenvalue weighted by atomic mass is 10.0. The summed E-state index contributed by atoms with van der Waals surface area (Å²) >= 11 is 0. The monoisotopic (exact) mass is 250 g/mol. The summed E-state index contributed by atoms with van der Waals surface area (Å²) in [5.41, 5.74) is 6.55. The van der Waals surface area contributed by atoms with Crippen molar-refractivity contribution in [2.24, 2.45) is 5.73 Å². The molecule has 0 radical (unpaired) electrons. The van der Waals surface area contributed by atoms with Crippen LogP contribution in [-0.4, -0.2) is 29.9 Å². The predicted octanol–water partition coefficient (Wildman–Crippen LogP) is 1.71. The van der Waals surface area contributed by atoms with E-state index in [1.54, 1.807) is 12.1 Å². The zero-order valence-corrected chi connectivity index (χ0v) is 10.4. The number of hydrogen-bond acceptors (Lipinski definition) is 2. The second-order valence-corrected chi connectivity index (χ2v) is 4.78. The Morgan fingerprint density at radius 1 is 1.33 bits per heavy atom. The zero-order valence-electron chi connectivity index (χ0n) is 10.4. The number of rotatable bonds is 3. The molecule has 1 amide bonds. The highest BCUT2D eigenvalue weighted by atomic mass is 19.1. The van der Waals surface area contributed by atoms with E-state index in [4.69, 9.17) is 5.73 Å². The third-order valence-corrected chi connectivity index (χ3v) is 3.49. The third kappa shape index (κ3) is 3.07. The van der Waals surface area contributed by atoms with Gasteiger partial charge in [-0.2, -0.15) is 0 Å². The molecule has 1 heterocycles. The minimum Gasteiger partial charge on any atom is -0.338 e. The zero-order chi connectivity index (χ0) is 13.0. The topological polar surface area (TPSA) is 46.3 Å². The van der Waals surface area contributed by atoms with E-state index in [2.05, 4.69) is 0 Å². The van der Waals surface area contributed by atoms with Gasteiger partial charge >= 0.3 is 0 Å². The second-order valence-electron chi connectivity index (χ2n) is 4.78. The number of carbonyl (C=O) groups excluding carboxylic acids is 1. The number of nitrogens with zero attached hydrogens (tertiary/aromatic N) is 1. The van der Waals surface area contributed by atoms with Gasteiger partial charge in [-0.1, -0.05) is 12.1 Å². The van der Waals surface area contributed by atoms with Crippen LogP contribution in [0.1, 0.15) is 24.8 Å². The predicted molar refractivity (Wildman–Crippen MR) is 68.5 cm³/mol. The Labute approximate surface area is 107 Å². The molecule has 1 aromatic carbocycles. The van der Waals surface area contributed by atoms with Gasteiger partial charge in [-0.05, 0) is 37.0 Å². The maximum absolute atomic E-state index is 12.8. The molecule has 98 valence electrons. The summed E-state index contributed by atoms with van der Waals surface area (Å²) in [6.07, 6.45) is 3.51. The Morgan fingerprint density at radius 2 is 2.06 bits per heavy atom. The summed E-state index contributed by atoms with van der Waals surface area (Å²) in [5.74, 6) is -0.180. The van der Waals surface area contributed by atoms with Crippen LogP contribution in [0.25, 0.3) is 0 Å². The Kier molecular flexibility index (Phi) is 4.31. The van der Waals surface area contributed by atoms with Gasteiger partial charge in [-0.15, -0.1) is 0 Å². The quantitative estimate of drug-likeness (QED) is 0.887. The normalized spacial score (nSPS) is 19.9. The van der Waals surface area contributed by atoms with Crippen molar-refractivity contribution in [1.29, 1.82) is 0 Å². The van der Waals surface area contributed by atoms with Crippen LogP contribution in [0.2, 0.25) is 0 Å². The lowest BCUT2D eigenvalue weighted by Gasteiger charge is -2.35. The number of amides is 1. The van der Waals surface area contributed by atoms with E-state index in [-0.39, 0.29) is 17.8 Å². The summed E-state index contributed by atoms with van der Waals surface area (Å²) < 4.78 is 12.8. The number of hydrogen-bond donors (Lipinski definition) is 1. The third-order valence-electron chi connectivity index (χ3n) is 3.49. The minimum atomic E-state index is -0.274. The summed E-state index contributed by atoms with van der Waals surface area (Å²) in [6, 6.07) is 6.27. The molecule has 2 N–H and O–H groups in total. The van der Waals surface area contributed by atoms with E-state index < -0.39 is 0 Å². The molecule has 2 rings (SSSR count). The fraction of sp³-hybridized carbons (Fsp3) is 0.500. The average Bonchev–Trinajstić information content (AvgIpc) is 2.41. The molecule has 1 aliphatic rings. The Balaban J connectivity index is 2.00. The first-order chi connectivity index (χ1) is 8.70. The lowest BCUT2D eigenvalue weighted by Crippen LogP contribution is -2.48. The van der Waals surface area contributed by atoms with E-state index in [1.807, 2.05) is 4.90 Å². The molecule has 3 nitrogen and oxygen atoms in total. The fourth-order valence-corrected chi connectivity index (χ4v) is 2.45. The van der Waals surface area contributed by atoms with E-state index in [1.165, 1.54) is 12.1 Å². The first-order valence-corrected chi connectivity index (χ1v) is 6.44. The molecule has 18 heavy (non-hydrogen) atoms. The van der Waals surface area contributed by atoms with Gasteiger partial charge in [0.25, 0.3) is 0 Å². The van der Waals surface area contributed by atoms with Crippen LogP contribution in [0.15, 0.2) is 24.3 Å². The molecule has 1 saturated heterocycles. The average molecular weight is 250 g/mol.